The highest BCUT2D eigenvalue weighted by Gasteiger charge is 2.13. The molecule has 19 heavy (non-hydrogen) atoms. The minimum Gasteiger partial charge on any atom is -0.375 e. The molecule has 0 atom stereocenters. The monoisotopic (exact) mass is 330 g/mol. The van der Waals surface area contributed by atoms with Crippen LogP contribution in [-0.2, 0) is 24.3 Å². The van der Waals surface area contributed by atoms with Gasteiger partial charge in [0, 0.05) is 13.2 Å². The molecule has 0 aliphatic heterocycles. The third-order valence-corrected chi connectivity index (χ3v) is 4.24. The molecule has 0 fully saturated rings. The van der Waals surface area contributed by atoms with Gasteiger partial charge in [-0.15, -0.1) is 0 Å². The van der Waals surface area contributed by atoms with Gasteiger partial charge < -0.3 is 4.74 Å². The Labute approximate surface area is 125 Å². The Morgan fingerprint density at radius 3 is 2.47 bits per heavy atom. The van der Waals surface area contributed by atoms with Crippen LogP contribution in [0.2, 0.25) is 0 Å². The van der Waals surface area contributed by atoms with Gasteiger partial charge in [0.2, 0.25) is 0 Å². The molecule has 110 valence electrons. The molecule has 0 aromatic carbocycles. The lowest BCUT2D eigenvalue weighted by atomic mass is 10.2. The second kappa shape index (κ2) is 9.54. The van der Waals surface area contributed by atoms with Gasteiger partial charge in [-0.3, -0.25) is 4.68 Å². The normalized spacial score (nSPS) is 11.2. The van der Waals surface area contributed by atoms with Crippen molar-refractivity contribution in [1.82, 2.24) is 9.78 Å². The lowest BCUT2D eigenvalue weighted by Gasteiger charge is -2.07. The fraction of sp³-hybridized carbons (Fsp3) is 0.800. The highest BCUT2D eigenvalue weighted by atomic mass is 79.9. The highest BCUT2D eigenvalue weighted by Crippen LogP contribution is 2.23. The van der Waals surface area contributed by atoms with Crippen LogP contribution in [0.25, 0.3) is 0 Å². The van der Waals surface area contributed by atoms with Gasteiger partial charge >= 0.3 is 0 Å². The zero-order chi connectivity index (χ0) is 14.1. The van der Waals surface area contributed by atoms with E-state index in [2.05, 4.69) is 41.8 Å². The maximum absolute atomic E-state index is 5.79. The Balaban J connectivity index is 2.34. The molecule has 1 aromatic heterocycles. The molecule has 0 aliphatic carbocycles. The van der Waals surface area contributed by atoms with E-state index in [0.29, 0.717) is 6.61 Å². The summed E-state index contributed by atoms with van der Waals surface area (Å²) in [6, 6.07) is 0. The van der Waals surface area contributed by atoms with E-state index >= 15 is 0 Å². The number of aryl methyl sites for hydroxylation is 2. The van der Waals surface area contributed by atoms with Crippen LogP contribution in [0.5, 0.6) is 0 Å². The lowest BCUT2D eigenvalue weighted by molar-refractivity contribution is 0.110. The number of ether oxygens (including phenoxy) is 1. The number of hydrogen-bond donors (Lipinski definition) is 0. The molecule has 4 heteroatoms. The van der Waals surface area contributed by atoms with Crippen LogP contribution in [0, 0.1) is 0 Å². The summed E-state index contributed by atoms with van der Waals surface area (Å²) in [5.74, 6) is 0. The molecular weight excluding hydrogens is 304 g/mol. The Hall–Kier alpha value is -0.350. The number of halogens is 1. The lowest BCUT2D eigenvalue weighted by Crippen LogP contribution is -2.05. The largest absolute Gasteiger partial charge is 0.375 e. The van der Waals surface area contributed by atoms with Crippen LogP contribution in [-0.4, -0.2) is 16.4 Å². The van der Waals surface area contributed by atoms with Crippen LogP contribution < -0.4 is 0 Å². The maximum Gasteiger partial charge on any atom is 0.0896 e. The fourth-order valence-electron chi connectivity index (χ4n) is 2.13. The fourth-order valence-corrected chi connectivity index (χ4v) is 2.81. The Bertz CT molecular complexity index is 363. The topological polar surface area (TPSA) is 27.1 Å². The van der Waals surface area contributed by atoms with Crippen molar-refractivity contribution in [2.45, 2.75) is 72.4 Å². The molecular formula is C15H27BrN2O. The van der Waals surface area contributed by atoms with E-state index in [-0.39, 0.29) is 0 Å². The van der Waals surface area contributed by atoms with Gasteiger partial charge in [0.15, 0.2) is 0 Å². The average molecular weight is 331 g/mol. The van der Waals surface area contributed by atoms with Gasteiger partial charge in [-0.2, -0.15) is 5.10 Å². The molecule has 0 radical (unpaired) electrons. The van der Waals surface area contributed by atoms with Crippen molar-refractivity contribution in [2.24, 2.45) is 0 Å². The number of unbranched alkanes of at least 4 members (excludes halogenated alkanes) is 4. The van der Waals surface area contributed by atoms with Crippen molar-refractivity contribution in [3.8, 4) is 0 Å². The quantitative estimate of drug-likeness (QED) is 0.580. The highest BCUT2D eigenvalue weighted by molar-refractivity contribution is 9.10. The van der Waals surface area contributed by atoms with Crippen LogP contribution >= 0.6 is 15.9 Å². The van der Waals surface area contributed by atoms with E-state index in [1.165, 1.54) is 37.8 Å². The first-order valence-electron chi connectivity index (χ1n) is 7.56. The summed E-state index contributed by atoms with van der Waals surface area (Å²) >= 11 is 3.64. The molecule has 0 saturated heterocycles. The first kappa shape index (κ1) is 16.7. The first-order chi connectivity index (χ1) is 9.24. The van der Waals surface area contributed by atoms with Crippen LogP contribution in [0.3, 0.4) is 0 Å². The minimum absolute atomic E-state index is 0.662. The predicted molar refractivity (Wildman–Crippen MR) is 83.4 cm³/mol. The third-order valence-electron chi connectivity index (χ3n) is 3.33. The Kier molecular flexibility index (Phi) is 8.38. The molecule has 3 nitrogen and oxygen atoms in total. The molecule has 0 N–H and O–H groups in total. The van der Waals surface area contributed by atoms with E-state index in [9.17, 15) is 0 Å². The van der Waals surface area contributed by atoms with Gasteiger partial charge in [0.1, 0.15) is 0 Å². The van der Waals surface area contributed by atoms with Crippen molar-refractivity contribution >= 4 is 15.9 Å². The summed E-state index contributed by atoms with van der Waals surface area (Å²) < 4.78 is 8.96. The smallest absolute Gasteiger partial charge is 0.0896 e. The molecule has 1 aromatic rings. The van der Waals surface area contributed by atoms with Crippen LogP contribution in [0.1, 0.15) is 64.3 Å². The van der Waals surface area contributed by atoms with Crippen molar-refractivity contribution in [3.63, 3.8) is 0 Å². The van der Waals surface area contributed by atoms with Gasteiger partial charge in [-0.1, -0.05) is 39.5 Å². The Morgan fingerprint density at radius 1 is 1.11 bits per heavy atom. The molecule has 0 unspecified atom stereocenters. The van der Waals surface area contributed by atoms with Gasteiger partial charge in [-0.25, -0.2) is 0 Å². The van der Waals surface area contributed by atoms with E-state index in [4.69, 9.17) is 4.74 Å². The molecule has 0 saturated carbocycles. The van der Waals surface area contributed by atoms with E-state index in [1.807, 2.05) is 4.68 Å². The number of nitrogens with zero attached hydrogens (tertiary/aromatic N) is 2. The van der Waals surface area contributed by atoms with Crippen LogP contribution in [0.15, 0.2) is 4.47 Å². The van der Waals surface area contributed by atoms with E-state index in [0.717, 1.165) is 29.7 Å². The van der Waals surface area contributed by atoms with Crippen molar-refractivity contribution in [2.75, 3.05) is 6.61 Å². The maximum atomic E-state index is 5.79. The summed E-state index contributed by atoms with van der Waals surface area (Å²) in [4.78, 5) is 0. The van der Waals surface area contributed by atoms with Crippen LogP contribution in [0.4, 0.5) is 0 Å². The summed E-state index contributed by atoms with van der Waals surface area (Å²) in [6.07, 6.45) is 7.37. The zero-order valence-corrected chi connectivity index (χ0v) is 14.1. The second-order valence-electron chi connectivity index (χ2n) is 4.84. The van der Waals surface area contributed by atoms with Gasteiger partial charge in [-0.05, 0) is 35.7 Å². The third kappa shape index (κ3) is 5.27. The van der Waals surface area contributed by atoms with Crippen molar-refractivity contribution in [1.29, 1.82) is 0 Å². The number of aromatic nitrogens is 2. The zero-order valence-electron chi connectivity index (χ0n) is 12.5. The summed E-state index contributed by atoms with van der Waals surface area (Å²) in [7, 11) is 0. The second-order valence-corrected chi connectivity index (χ2v) is 5.64. The Morgan fingerprint density at radius 2 is 1.84 bits per heavy atom. The molecule has 0 bridgehead atoms. The number of hydrogen-bond acceptors (Lipinski definition) is 2. The molecule has 0 amide bonds. The standard InChI is InChI=1S/C15H27BrN2O/c1-4-7-8-9-10-11-19-12-14-15(16)13(5-2)17-18(14)6-3/h4-12H2,1-3H3. The molecule has 1 rings (SSSR count). The summed E-state index contributed by atoms with van der Waals surface area (Å²) in [5, 5.41) is 4.58. The SMILES string of the molecule is CCCCCCCOCc1c(Br)c(CC)nn1CC. The first-order valence-corrected chi connectivity index (χ1v) is 8.35. The summed E-state index contributed by atoms with van der Waals surface area (Å²) in [5.41, 5.74) is 2.30. The summed E-state index contributed by atoms with van der Waals surface area (Å²) in [6.45, 7) is 8.90. The average Bonchev–Trinajstić information content (AvgIpc) is 2.74. The van der Waals surface area contributed by atoms with Gasteiger partial charge in [0.05, 0.1) is 22.5 Å². The molecule has 1 heterocycles. The van der Waals surface area contributed by atoms with E-state index in [1.54, 1.807) is 0 Å². The minimum atomic E-state index is 0.662. The predicted octanol–water partition coefficient (Wildman–Crippen LogP) is 4.71. The molecule has 0 spiro atoms. The van der Waals surface area contributed by atoms with E-state index < -0.39 is 0 Å². The van der Waals surface area contributed by atoms with Gasteiger partial charge in [0.25, 0.3) is 0 Å². The van der Waals surface area contributed by atoms with Crippen molar-refractivity contribution < 1.29 is 4.74 Å². The molecule has 0 aliphatic rings. The number of rotatable bonds is 10. The van der Waals surface area contributed by atoms with Crippen molar-refractivity contribution in [3.05, 3.63) is 15.9 Å².